The van der Waals surface area contributed by atoms with Crippen LogP contribution in [-0.4, -0.2) is 29.5 Å². The van der Waals surface area contributed by atoms with Gasteiger partial charge in [0.2, 0.25) is 0 Å². The number of hydrogen-bond donors (Lipinski definition) is 1. The minimum absolute atomic E-state index is 0.175. The standard InChI is InChI=1S/C21H23N3O3S/c1-2-3-6-13-26-17-11-9-16(10-12-17)14-22-24-20(25)15-28-21-23-18-7-4-5-8-19(18)27-21/h4-5,7-12,14H,2-3,6,13,15H2,1H3,(H,24,25)/b22-14+. The molecule has 0 fully saturated rings. The summed E-state index contributed by atoms with van der Waals surface area (Å²) in [5.74, 6) is 0.792. The molecule has 0 spiro atoms. The van der Waals surface area contributed by atoms with Gasteiger partial charge in [-0.2, -0.15) is 5.10 Å². The highest BCUT2D eigenvalue weighted by atomic mass is 32.2. The number of para-hydroxylation sites is 2. The van der Waals surface area contributed by atoms with E-state index in [2.05, 4.69) is 22.4 Å². The second-order valence-corrected chi connectivity index (χ2v) is 7.08. The van der Waals surface area contributed by atoms with Crippen molar-refractivity contribution >= 4 is 35.0 Å². The van der Waals surface area contributed by atoms with Gasteiger partial charge in [0.1, 0.15) is 11.3 Å². The number of oxazole rings is 1. The summed E-state index contributed by atoms with van der Waals surface area (Å²) in [7, 11) is 0. The van der Waals surface area contributed by atoms with Crippen LogP contribution >= 0.6 is 11.8 Å². The summed E-state index contributed by atoms with van der Waals surface area (Å²) in [5, 5.41) is 4.45. The molecule has 0 aliphatic rings. The van der Waals surface area contributed by atoms with Gasteiger partial charge in [0.25, 0.3) is 11.1 Å². The Morgan fingerprint density at radius 3 is 2.82 bits per heavy atom. The second kappa shape index (κ2) is 10.5. The van der Waals surface area contributed by atoms with Crippen molar-refractivity contribution in [3.05, 3.63) is 54.1 Å². The summed E-state index contributed by atoms with van der Waals surface area (Å²) in [5.41, 5.74) is 4.88. The van der Waals surface area contributed by atoms with Gasteiger partial charge in [-0.3, -0.25) is 4.79 Å². The molecule has 0 unspecified atom stereocenters. The summed E-state index contributed by atoms with van der Waals surface area (Å²) in [6, 6.07) is 15.1. The van der Waals surface area contributed by atoms with E-state index in [0.29, 0.717) is 10.8 Å². The van der Waals surface area contributed by atoms with E-state index >= 15 is 0 Å². The summed E-state index contributed by atoms with van der Waals surface area (Å²) in [6.45, 7) is 2.90. The van der Waals surface area contributed by atoms with Crippen LogP contribution in [0.1, 0.15) is 31.7 Å². The predicted octanol–water partition coefficient (Wildman–Crippen LogP) is 4.64. The molecule has 146 valence electrons. The quantitative estimate of drug-likeness (QED) is 0.233. The maximum atomic E-state index is 11.9. The maximum Gasteiger partial charge on any atom is 0.257 e. The molecular formula is C21H23N3O3S. The van der Waals surface area contributed by atoms with E-state index in [0.717, 1.165) is 29.9 Å². The molecule has 0 saturated carbocycles. The third-order valence-electron chi connectivity index (χ3n) is 3.90. The number of unbranched alkanes of at least 4 members (excludes halogenated alkanes) is 2. The molecule has 1 aromatic heterocycles. The van der Waals surface area contributed by atoms with Crippen molar-refractivity contribution in [1.29, 1.82) is 0 Å². The first-order chi connectivity index (χ1) is 13.7. The molecular weight excluding hydrogens is 374 g/mol. The average molecular weight is 398 g/mol. The molecule has 1 amide bonds. The largest absolute Gasteiger partial charge is 0.494 e. The van der Waals surface area contributed by atoms with Gasteiger partial charge in [0, 0.05) is 0 Å². The van der Waals surface area contributed by atoms with Gasteiger partial charge < -0.3 is 9.15 Å². The van der Waals surface area contributed by atoms with Crippen LogP contribution < -0.4 is 10.2 Å². The zero-order valence-electron chi connectivity index (χ0n) is 15.8. The van der Waals surface area contributed by atoms with Crippen LogP contribution in [0.5, 0.6) is 5.75 Å². The van der Waals surface area contributed by atoms with E-state index in [1.54, 1.807) is 6.21 Å². The number of carbonyl (C=O) groups is 1. The fraction of sp³-hybridized carbons (Fsp3) is 0.286. The number of amides is 1. The number of nitrogens with one attached hydrogen (secondary N) is 1. The fourth-order valence-electron chi connectivity index (χ4n) is 2.44. The Morgan fingerprint density at radius 1 is 1.21 bits per heavy atom. The molecule has 0 aliphatic carbocycles. The highest BCUT2D eigenvalue weighted by Gasteiger charge is 2.08. The third-order valence-corrected chi connectivity index (χ3v) is 4.73. The van der Waals surface area contributed by atoms with Gasteiger partial charge in [-0.05, 0) is 48.4 Å². The number of rotatable bonds is 10. The van der Waals surface area contributed by atoms with Crippen molar-refractivity contribution in [2.24, 2.45) is 5.10 Å². The molecule has 7 heteroatoms. The molecule has 0 atom stereocenters. The van der Waals surface area contributed by atoms with Gasteiger partial charge in [-0.25, -0.2) is 10.4 Å². The maximum absolute atomic E-state index is 11.9. The lowest BCUT2D eigenvalue weighted by Crippen LogP contribution is -2.19. The van der Waals surface area contributed by atoms with Crippen LogP contribution in [0.15, 0.2) is 63.3 Å². The highest BCUT2D eigenvalue weighted by Crippen LogP contribution is 2.22. The van der Waals surface area contributed by atoms with E-state index in [1.165, 1.54) is 24.6 Å². The summed E-state index contributed by atoms with van der Waals surface area (Å²) in [4.78, 5) is 16.2. The minimum Gasteiger partial charge on any atom is -0.494 e. The molecule has 2 aromatic carbocycles. The summed E-state index contributed by atoms with van der Waals surface area (Å²) < 4.78 is 11.2. The van der Waals surface area contributed by atoms with E-state index in [9.17, 15) is 4.79 Å². The first-order valence-corrected chi connectivity index (χ1v) is 10.3. The zero-order valence-corrected chi connectivity index (χ0v) is 16.6. The topological polar surface area (TPSA) is 76.7 Å². The van der Waals surface area contributed by atoms with E-state index in [-0.39, 0.29) is 11.7 Å². The first kappa shape index (κ1) is 19.9. The molecule has 0 bridgehead atoms. The van der Waals surface area contributed by atoms with Crippen molar-refractivity contribution in [3.8, 4) is 5.75 Å². The van der Waals surface area contributed by atoms with Gasteiger partial charge in [-0.15, -0.1) is 0 Å². The zero-order chi connectivity index (χ0) is 19.6. The number of nitrogens with zero attached hydrogens (tertiary/aromatic N) is 2. The number of hydrogen-bond acceptors (Lipinski definition) is 6. The molecule has 0 aliphatic heterocycles. The SMILES string of the molecule is CCCCCOc1ccc(/C=N/NC(=O)CSc2nc3ccccc3o2)cc1. The Kier molecular flexibility index (Phi) is 7.49. The Morgan fingerprint density at radius 2 is 2.04 bits per heavy atom. The molecule has 1 heterocycles. The predicted molar refractivity (Wildman–Crippen MR) is 112 cm³/mol. The summed E-state index contributed by atoms with van der Waals surface area (Å²) >= 11 is 1.23. The van der Waals surface area contributed by atoms with Gasteiger partial charge in [-0.1, -0.05) is 43.7 Å². The Labute approximate surface area is 168 Å². The Hall–Kier alpha value is -2.80. The average Bonchev–Trinajstić information content (AvgIpc) is 3.14. The lowest BCUT2D eigenvalue weighted by Gasteiger charge is -2.05. The highest BCUT2D eigenvalue weighted by molar-refractivity contribution is 7.99. The number of carbonyl (C=O) groups excluding carboxylic acids is 1. The van der Waals surface area contributed by atoms with Gasteiger partial charge in [0.05, 0.1) is 18.6 Å². The fourth-order valence-corrected chi connectivity index (χ4v) is 3.07. The van der Waals surface area contributed by atoms with Crippen molar-refractivity contribution in [2.75, 3.05) is 12.4 Å². The number of fused-ring (bicyclic) bond motifs is 1. The van der Waals surface area contributed by atoms with Crippen LogP contribution in [0.25, 0.3) is 11.1 Å². The molecule has 3 aromatic rings. The van der Waals surface area contributed by atoms with Crippen molar-refractivity contribution in [1.82, 2.24) is 10.4 Å². The van der Waals surface area contributed by atoms with Crippen LogP contribution in [0.2, 0.25) is 0 Å². The first-order valence-electron chi connectivity index (χ1n) is 9.28. The second-order valence-electron chi connectivity index (χ2n) is 6.15. The number of hydrazone groups is 1. The lowest BCUT2D eigenvalue weighted by atomic mass is 10.2. The lowest BCUT2D eigenvalue weighted by molar-refractivity contribution is -0.118. The molecule has 3 rings (SSSR count). The number of aromatic nitrogens is 1. The van der Waals surface area contributed by atoms with Gasteiger partial charge >= 0.3 is 0 Å². The normalized spacial score (nSPS) is 11.2. The van der Waals surface area contributed by atoms with Crippen LogP contribution in [0.3, 0.4) is 0 Å². The van der Waals surface area contributed by atoms with E-state index in [1.807, 2.05) is 48.5 Å². The van der Waals surface area contributed by atoms with Crippen molar-refractivity contribution < 1.29 is 13.9 Å². The van der Waals surface area contributed by atoms with Crippen LogP contribution in [0, 0.1) is 0 Å². The van der Waals surface area contributed by atoms with E-state index in [4.69, 9.17) is 9.15 Å². The smallest absolute Gasteiger partial charge is 0.257 e. The molecule has 0 radical (unpaired) electrons. The number of ether oxygens (including phenoxy) is 1. The van der Waals surface area contributed by atoms with Crippen molar-refractivity contribution in [3.63, 3.8) is 0 Å². The van der Waals surface area contributed by atoms with Gasteiger partial charge in [0.15, 0.2) is 5.58 Å². The molecule has 28 heavy (non-hydrogen) atoms. The third kappa shape index (κ3) is 6.13. The van der Waals surface area contributed by atoms with E-state index < -0.39 is 0 Å². The van der Waals surface area contributed by atoms with Crippen LogP contribution in [0.4, 0.5) is 0 Å². The molecule has 6 nitrogen and oxygen atoms in total. The molecule has 0 saturated heterocycles. The molecule has 1 N–H and O–H groups in total. The monoisotopic (exact) mass is 397 g/mol. The Balaban J connectivity index is 1.40. The van der Waals surface area contributed by atoms with Crippen LogP contribution in [-0.2, 0) is 4.79 Å². The summed E-state index contributed by atoms with van der Waals surface area (Å²) in [6.07, 6.45) is 5.02. The number of thioether (sulfide) groups is 1. The van der Waals surface area contributed by atoms with Crippen molar-refractivity contribution in [2.45, 2.75) is 31.4 Å². The Bertz CT molecular complexity index is 889. The minimum atomic E-state index is -0.223. The number of benzene rings is 2.